The number of anilines is 1. The molecule has 1 N–H and O–H groups in total. The second kappa shape index (κ2) is 7.36. The van der Waals surface area contributed by atoms with Crippen LogP contribution in [0.1, 0.15) is 27.4 Å². The van der Waals surface area contributed by atoms with Gasteiger partial charge < -0.3 is 14.6 Å². The lowest BCUT2D eigenvalue weighted by Crippen LogP contribution is -2.16. The number of carbonyl (C=O) groups is 1. The Morgan fingerprint density at radius 3 is 2.72 bits per heavy atom. The van der Waals surface area contributed by atoms with Crippen molar-refractivity contribution in [2.75, 3.05) is 5.32 Å². The third-order valence-corrected chi connectivity index (χ3v) is 3.81. The van der Waals surface area contributed by atoms with Crippen LogP contribution in [0.5, 0.6) is 5.75 Å². The van der Waals surface area contributed by atoms with Gasteiger partial charge in [-0.05, 0) is 55.8 Å². The molecule has 0 saturated heterocycles. The third kappa shape index (κ3) is 4.16. The number of nitrogens with zero attached hydrogens (tertiary/aromatic N) is 2. The number of carbonyl (C=O) groups excluding carboxylic acids is 1. The first-order valence-electron chi connectivity index (χ1n) is 7.60. The Balaban J connectivity index is 1.74. The molecule has 2 heterocycles. The zero-order valence-corrected chi connectivity index (χ0v) is 14.5. The van der Waals surface area contributed by atoms with Gasteiger partial charge in [0, 0.05) is 11.2 Å². The quantitative estimate of drug-likeness (QED) is 0.741. The first-order chi connectivity index (χ1) is 12.0. The van der Waals surface area contributed by atoms with E-state index in [1.807, 2.05) is 13.0 Å². The van der Waals surface area contributed by atoms with Crippen molar-refractivity contribution in [3.8, 4) is 5.75 Å². The van der Waals surface area contributed by atoms with E-state index in [4.69, 9.17) is 20.9 Å². The Labute approximate surface area is 149 Å². The summed E-state index contributed by atoms with van der Waals surface area (Å²) < 4.78 is 10.8. The number of aryl methyl sites for hydroxylation is 2. The Morgan fingerprint density at radius 1 is 1.24 bits per heavy atom. The van der Waals surface area contributed by atoms with Crippen molar-refractivity contribution in [2.45, 2.75) is 20.5 Å². The molecule has 0 aliphatic rings. The van der Waals surface area contributed by atoms with Crippen molar-refractivity contribution >= 4 is 23.3 Å². The van der Waals surface area contributed by atoms with Gasteiger partial charge in [0.2, 0.25) is 0 Å². The highest BCUT2D eigenvalue weighted by Gasteiger charge is 2.21. The van der Waals surface area contributed by atoms with Crippen molar-refractivity contribution in [3.63, 3.8) is 0 Å². The van der Waals surface area contributed by atoms with Gasteiger partial charge in [-0.3, -0.25) is 4.79 Å². The van der Waals surface area contributed by atoms with Crippen molar-refractivity contribution < 1.29 is 14.1 Å². The molecule has 0 atom stereocenters. The minimum atomic E-state index is -0.398. The van der Waals surface area contributed by atoms with Crippen molar-refractivity contribution in [1.29, 1.82) is 0 Å². The maximum absolute atomic E-state index is 12.5. The van der Waals surface area contributed by atoms with E-state index in [1.54, 1.807) is 43.5 Å². The fourth-order valence-corrected chi connectivity index (χ4v) is 2.33. The predicted molar refractivity (Wildman–Crippen MR) is 94.0 cm³/mol. The van der Waals surface area contributed by atoms with Gasteiger partial charge in [0.25, 0.3) is 5.91 Å². The van der Waals surface area contributed by atoms with Crippen molar-refractivity contribution in [2.24, 2.45) is 0 Å². The van der Waals surface area contributed by atoms with E-state index in [-0.39, 0.29) is 12.3 Å². The molecular formula is C18H16ClN3O3. The number of rotatable bonds is 5. The summed E-state index contributed by atoms with van der Waals surface area (Å²) in [5.41, 5.74) is 1.75. The highest BCUT2D eigenvalue weighted by molar-refractivity contribution is 6.30. The van der Waals surface area contributed by atoms with Gasteiger partial charge in [0.05, 0.1) is 5.56 Å². The fraction of sp³-hybridized carbons (Fsp3) is 0.167. The number of ether oxygens (including phenoxy) is 1. The molecule has 0 unspecified atom stereocenters. The Morgan fingerprint density at radius 2 is 2.00 bits per heavy atom. The molecule has 3 rings (SSSR count). The largest absolute Gasteiger partial charge is 0.489 e. The summed E-state index contributed by atoms with van der Waals surface area (Å²) in [7, 11) is 0. The number of amides is 1. The molecule has 3 aromatic rings. The van der Waals surface area contributed by atoms with Crippen LogP contribution in [0.3, 0.4) is 0 Å². The number of halogens is 1. The molecule has 1 aromatic carbocycles. The Hall–Kier alpha value is -2.86. The summed E-state index contributed by atoms with van der Waals surface area (Å²) in [6, 6.07) is 10.6. The van der Waals surface area contributed by atoms with Crippen LogP contribution in [0, 0.1) is 13.8 Å². The first kappa shape index (κ1) is 17.0. The van der Waals surface area contributed by atoms with Gasteiger partial charge >= 0.3 is 0 Å². The highest BCUT2D eigenvalue weighted by Crippen LogP contribution is 2.20. The summed E-state index contributed by atoms with van der Waals surface area (Å²) in [4.78, 5) is 16.6. The summed E-state index contributed by atoms with van der Waals surface area (Å²) in [5, 5.41) is 7.18. The molecule has 0 aliphatic heterocycles. The second-order valence-electron chi connectivity index (χ2n) is 5.48. The molecule has 1 amide bonds. The molecule has 0 saturated carbocycles. The molecule has 2 aromatic heterocycles. The van der Waals surface area contributed by atoms with E-state index in [9.17, 15) is 4.79 Å². The van der Waals surface area contributed by atoms with Crippen LogP contribution in [0.2, 0.25) is 5.02 Å². The predicted octanol–water partition coefficient (Wildman–Crippen LogP) is 4.17. The van der Waals surface area contributed by atoms with Crippen molar-refractivity contribution in [1.82, 2.24) is 10.1 Å². The lowest BCUT2D eigenvalue weighted by atomic mass is 10.2. The zero-order valence-electron chi connectivity index (χ0n) is 13.7. The topological polar surface area (TPSA) is 77.3 Å². The molecular weight excluding hydrogens is 342 g/mol. The van der Waals surface area contributed by atoms with Crippen LogP contribution in [0.15, 0.2) is 47.1 Å². The van der Waals surface area contributed by atoms with Crippen LogP contribution < -0.4 is 10.1 Å². The molecule has 0 spiro atoms. The van der Waals surface area contributed by atoms with Gasteiger partial charge in [-0.2, -0.15) is 0 Å². The normalized spacial score (nSPS) is 10.5. The van der Waals surface area contributed by atoms with Crippen LogP contribution in [-0.4, -0.2) is 16.0 Å². The number of nitrogens with one attached hydrogen (secondary N) is 1. The Kier molecular flexibility index (Phi) is 5.00. The molecule has 0 bridgehead atoms. The molecule has 7 heteroatoms. The van der Waals surface area contributed by atoms with Gasteiger partial charge in [0.15, 0.2) is 5.69 Å². The molecule has 0 radical (unpaired) electrons. The van der Waals surface area contributed by atoms with Crippen LogP contribution >= 0.6 is 11.6 Å². The minimum Gasteiger partial charge on any atom is -0.489 e. The van der Waals surface area contributed by atoms with E-state index >= 15 is 0 Å². The van der Waals surface area contributed by atoms with Crippen LogP contribution in [0.4, 0.5) is 5.82 Å². The first-order valence-corrected chi connectivity index (χ1v) is 7.98. The fourth-order valence-electron chi connectivity index (χ4n) is 2.21. The van der Waals surface area contributed by atoms with Crippen LogP contribution in [-0.2, 0) is 6.61 Å². The van der Waals surface area contributed by atoms with E-state index in [1.165, 1.54) is 0 Å². The van der Waals surface area contributed by atoms with Crippen molar-refractivity contribution in [3.05, 3.63) is 70.2 Å². The summed E-state index contributed by atoms with van der Waals surface area (Å²) in [6.07, 6.45) is 1.63. The number of aromatic nitrogens is 2. The standard InChI is InChI=1S/C18H16ClN3O3/c1-11-7-8-20-16(9-11)21-18(23)17-15(12(2)25-22-17)10-24-14-5-3-13(19)4-6-14/h3-9H,10H2,1-2H3,(H,20,21,23). The van der Waals surface area contributed by atoms with E-state index in [0.717, 1.165) is 5.56 Å². The number of benzene rings is 1. The SMILES string of the molecule is Cc1ccnc(NC(=O)c2noc(C)c2COc2ccc(Cl)cc2)c1. The van der Waals surface area contributed by atoms with E-state index in [2.05, 4.69) is 15.5 Å². The lowest BCUT2D eigenvalue weighted by molar-refractivity contribution is 0.101. The molecule has 0 aliphatic carbocycles. The van der Waals surface area contributed by atoms with E-state index < -0.39 is 5.91 Å². The van der Waals surface area contributed by atoms with Gasteiger partial charge in [-0.1, -0.05) is 16.8 Å². The minimum absolute atomic E-state index is 0.154. The summed E-state index contributed by atoms with van der Waals surface area (Å²) in [6.45, 7) is 3.80. The molecule has 25 heavy (non-hydrogen) atoms. The summed E-state index contributed by atoms with van der Waals surface area (Å²) in [5.74, 6) is 1.22. The maximum atomic E-state index is 12.5. The number of pyridine rings is 1. The van der Waals surface area contributed by atoms with E-state index in [0.29, 0.717) is 27.9 Å². The molecule has 0 fully saturated rings. The lowest BCUT2D eigenvalue weighted by Gasteiger charge is -2.07. The highest BCUT2D eigenvalue weighted by atomic mass is 35.5. The molecule has 6 nitrogen and oxygen atoms in total. The summed E-state index contributed by atoms with van der Waals surface area (Å²) >= 11 is 5.85. The van der Waals surface area contributed by atoms with Crippen LogP contribution in [0.25, 0.3) is 0 Å². The smallest absolute Gasteiger partial charge is 0.279 e. The average molecular weight is 358 g/mol. The van der Waals surface area contributed by atoms with Gasteiger partial charge in [0.1, 0.15) is 23.9 Å². The monoisotopic (exact) mass is 357 g/mol. The number of hydrogen-bond donors (Lipinski definition) is 1. The average Bonchev–Trinajstić information content (AvgIpc) is 2.95. The van der Waals surface area contributed by atoms with Gasteiger partial charge in [-0.25, -0.2) is 4.98 Å². The number of hydrogen-bond acceptors (Lipinski definition) is 5. The third-order valence-electron chi connectivity index (χ3n) is 3.55. The van der Waals surface area contributed by atoms with Gasteiger partial charge in [-0.15, -0.1) is 0 Å². The molecule has 128 valence electrons. The second-order valence-corrected chi connectivity index (χ2v) is 5.92. The zero-order chi connectivity index (χ0) is 17.8. The Bertz CT molecular complexity index is 891. The maximum Gasteiger partial charge on any atom is 0.279 e.